The van der Waals surface area contributed by atoms with Gasteiger partial charge in [0.15, 0.2) is 0 Å². The highest BCUT2D eigenvalue weighted by molar-refractivity contribution is 5.66. The third kappa shape index (κ3) is 2.11. The molecule has 0 bridgehead atoms. The van der Waals surface area contributed by atoms with Gasteiger partial charge in [-0.2, -0.15) is 0 Å². The zero-order valence-corrected chi connectivity index (χ0v) is 10.9. The van der Waals surface area contributed by atoms with Crippen LogP contribution in [0.1, 0.15) is 11.3 Å². The quantitative estimate of drug-likeness (QED) is 0.777. The first-order valence-electron chi connectivity index (χ1n) is 6.37. The van der Waals surface area contributed by atoms with Gasteiger partial charge in [-0.3, -0.25) is 4.98 Å². The molecule has 0 aliphatic heterocycles. The first kappa shape index (κ1) is 11.9. The van der Waals surface area contributed by atoms with E-state index in [4.69, 9.17) is 10.7 Å². The van der Waals surface area contributed by atoms with E-state index in [1.807, 2.05) is 12.1 Å². The molecule has 3 heterocycles. The predicted molar refractivity (Wildman–Crippen MR) is 75.9 cm³/mol. The smallest absolute Gasteiger partial charge is 0.137 e. The number of rotatable bonds is 3. The molecular formula is C15H16N4. The molecule has 3 aromatic rings. The maximum absolute atomic E-state index is 5.73. The lowest BCUT2D eigenvalue weighted by Gasteiger charge is -2.03. The summed E-state index contributed by atoms with van der Waals surface area (Å²) in [4.78, 5) is 8.80. The Morgan fingerprint density at radius 3 is 2.74 bits per heavy atom. The van der Waals surface area contributed by atoms with Gasteiger partial charge >= 0.3 is 0 Å². The molecule has 0 spiro atoms. The van der Waals surface area contributed by atoms with Crippen molar-refractivity contribution in [2.24, 2.45) is 5.73 Å². The third-order valence-corrected chi connectivity index (χ3v) is 3.22. The minimum atomic E-state index is 0.611. The maximum Gasteiger partial charge on any atom is 0.137 e. The first-order valence-corrected chi connectivity index (χ1v) is 6.37. The molecule has 3 rings (SSSR count). The van der Waals surface area contributed by atoms with E-state index in [9.17, 15) is 0 Å². The molecule has 3 aromatic heterocycles. The van der Waals surface area contributed by atoms with Crippen molar-refractivity contribution in [3.63, 3.8) is 0 Å². The van der Waals surface area contributed by atoms with E-state index >= 15 is 0 Å². The highest BCUT2D eigenvalue weighted by Gasteiger charge is 2.13. The van der Waals surface area contributed by atoms with Crippen LogP contribution in [0.25, 0.3) is 16.9 Å². The van der Waals surface area contributed by atoms with Gasteiger partial charge in [0.05, 0.1) is 11.4 Å². The van der Waals surface area contributed by atoms with Crippen LogP contribution in [0, 0.1) is 6.92 Å². The number of hydrogen-bond donors (Lipinski definition) is 1. The Morgan fingerprint density at radius 1 is 1.21 bits per heavy atom. The first-order chi connectivity index (χ1) is 9.29. The summed E-state index contributed by atoms with van der Waals surface area (Å²) in [6, 6.07) is 8.14. The van der Waals surface area contributed by atoms with Gasteiger partial charge in [-0.05, 0) is 43.3 Å². The molecule has 19 heavy (non-hydrogen) atoms. The van der Waals surface area contributed by atoms with Crippen molar-refractivity contribution >= 4 is 5.65 Å². The van der Waals surface area contributed by atoms with Crippen molar-refractivity contribution in [2.45, 2.75) is 13.3 Å². The summed E-state index contributed by atoms with van der Waals surface area (Å²) < 4.78 is 2.12. The van der Waals surface area contributed by atoms with Crippen molar-refractivity contribution in [1.29, 1.82) is 0 Å². The van der Waals surface area contributed by atoms with Crippen LogP contribution in [-0.4, -0.2) is 20.9 Å². The number of fused-ring (bicyclic) bond motifs is 1. The van der Waals surface area contributed by atoms with Gasteiger partial charge in [0.1, 0.15) is 5.65 Å². The zero-order chi connectivity index (χ0) is 13.2. The van der Waals surface area contributed by atoms with Crippen LogP contribution in [0.15, 0.2) is 42.9 Å². The van der Waals surface area contributed by atoms with Crippen LogP contribution in [0.4, 0.5) is 0 Å². The molecule has 0 aliphatic carbocycles. The number of aryl methyl sites for hydroxylation is 1. The number of hydrogen-bond acceptors (Lipinski definition) is 3. The summed E-state index contributed by atoms with van der Waals surface area (Å²) in [5, 5.41) is 0. The van der Waals surface area contributed by atoms with E-state index in [-0.39, 0.29) is 0 Å². The average Bonchev–Trinajstić information content (AvgIpc) is 2.78. The molecule has 4 heteroatoms. The van der Waals surface area contributed by atoms with Gasteiger partial charge in [0.25, 0.3) is 0 Å². The summed E-state index contributed by atoms with van der Waals surface area (Å²) in [7, 11) is 0. The molecule has 0 aromatic carbocycles. The Balaban J connectivity index is 2.26. The summed E-state index contributed by atoms with van der Waals surface area (Å²) in [6.07, 6.45) is 6.45. The molecule has 0 radical (unpaired) electrons. The standard InChI is InChI=1S/C15H16N4/c1-11-5-9-19-13(2-6-16)15(18-14(19)10-11)12-3-7-17-8-4-12/h3-5,7-10H,2,6,16H2,1H3. The second-order valence-corrected chi connectivity index (χ2v) is 4.61. The number of aromatic nitrogens is 3. The molecule has 0 fully saturated rings. The van der Waals surface area contributed by atoms with Crippen molar-refractivity contribution in [3.05, 3.63) is 54.1 Å². The molecule has 96 valence electrons. The molecular weight excluding hydrogens is 236 g/mol. The van der Waals surface area contributed by atoms with E-state index in [0.29, 0.717) is 6.54 Å². The molecule has 4 nitrogen and oxygen atoms in total. The number of nitrogens with zero attached hydrogens (tertiary/aromatic N) is 3. The average molecular weight is 252 g/mol. The predicted octanol–water partition coefficient (Wildman–Crippen LogP) is 2.21. The van der Waals surface area contributed by atoms with Crippen molar-refractivity contribution in [1.82, 2.24) is 14.4 Å². The van der Waals surface area contributed by atoms with Crippen molar-refractivity contribution in [3.8, 4) is 11.3 Å². The molecule has 0 saturated heterocycles. The summed E-state index contributed by atoms with van der Waals surface area (Å²) in [6.45, 7) is 2.68. The van der Waals surface area contributed by atoms with E-state index in [2.05, 4.69) is 34.6 Å². The second kappa shape index (κ2) is 4.82. The van der Waals surface area contributed by atoms with Crippen molar-refractivity contribution in [2.75, 3.05) is 6.54 Å². The molecule has 0 unspecified atom stereocenters. The maximum atomic E-state index is 5.73. The normalized spacial score (nSPS) is 11.1. The molecule has 0 saturated carbocycles. The summed E-state index contributed by atoms with van der Waals surface area (Å²) in [5.41, 5.74) is 11.1. The van der Waals surface area contributed by atoms with Crippen LogP contribution in [0.3, 0.4) is 0 Å². The fourth-order valence-electron chi connectivity index (χ4n) is 2.31. The topological polar surface area (TPSA) is 56.2 Å². The lowest BCUT2D eigenvalue weighted by molar-refractivity contribution is 0.906. The van der Waals surface area contributed by atoms with Gasteiger partial charge in [-0.25, -0.2) is 4.98 Å². The fourth-order valence-corrected chi connectivity index (χ4v) is 2.31. The van der Waals surface area contributed by atoms with Crippen LogP contribution >= 0.6 is 0 Å². The molecule has 0 aliphatic rings. The Labute approximate surface area is 111 Å². The van der Waals surface area contributed by atoms with Crippen molar-refractivity contribution < 1.29 is 0 Å². The molecule has 0 amide bonds. The minimum Gasteiger partial charge on any atom is -0.330 e. The lowest BCUT2D eigenvalue weighted by Crippen LogP contribution is -2.06. The Kier molecular flexibility index (Phi) is 3.01. The van der Waals surface area contributed by atoms with E-state index < -0.39 is 0 Å². The number of pyridine rings is 2. The van der Waals surface area contributed by atoms with Gasteiger partial charge in [-0.15, -0.1) is 0 Å². The molecule has 2 N–H and O–H groups in total. The Bertz CT molecular complexity index is 701. The summed E-state index contributed by atoms with van der Waals surface area (Å²) >= 11 is 0. The van der Waals surface area contributed by atoms with Crippen LogP contribution in [0.5, 0.6) is 0 Å². The molecule has 0 atom stereocenters. The highest BCUT2D eigenvalue weighted by atomic mass is 15.0. The fraction of sp³-hybridized carbons (Fsp3) is 0.200. The van der Waals surface area contributed by atoms with E-state index in [1.54, 1.807) is 12.4 Å². The number of imidazole rings is 1. The highest BCUT2D eigenvalue weighted by Crippen LogP contribution is 2.24. The van der Waals surface area contributed by atoms with Crippen LogP contribution in [0.2, 0.25) is 0 Å². The zero-order valence-electron chi connectivity index (χ0n) is 10.9. The third-order valence-electron chi connectivity index (χ3n) is 3.22. The minimum absolute atomic E-state index is 0.611. The summed E-state index contributed by atoms with van der Waals surface area (Å²) in [5.74, 6) is 0. The largest absolute Gasteiger partial charge is 0.330 e. The van der Waals surface area contributed by atoms with Crippen LogP contribution in [-0.2, 0) is 6.42 Å². The number of nitrogens with two attached hydrogens (primary N) is 1. The Hall–Kier alpha value is -2.20. The van der Waals surface area contributed by atoms with Gasteiger partial charge in [-0.1, -0.05) is 0 Å². The van der Waals surface area contributed by atoms with E-state index in [1.165, 1.54) is 5.56 Å². The van der Waals surface area contributed by atoms with Crippen LogP contribution < -0.4 is 5.73 Å². The Morgan fingerprint density at radius 2 is 2.00 bits per heavy atom. The van der Waals surface area contributed by atoms with Gasteiger partial charge < -0.3 is 10.1 Å². The lowest BCUT2D eigenvalue weighted by atomic mass is 10.1. The monoisotopic (exact) mass is 252 g/mol. The van der Waals surface area contributed by atoms with E-state index in [0.717, 1.165) is 29.0 Å². The van der Waals surface area contributed by atoms with Gasteiger partial charge in [0.2, 0.25) is 0 Å². The SMILES string of the molecule is Cc1ccn2c(CCN)c(-c3ccncc3)nc2c1. The van der Waals surface area contributed by atoms with Gasteiger partial charge in [0, 0.05) is 30.6 Å². The second-order valence-electron chi connectivity index (χ2n) is 4.61.